The number of rotatable bonds is 3. The molecule has 0 amide bonds. The normalized spacial score (nSPS) is 10.2. The molecular formula is C13H12FN. The summed E-state index contributed by atoms with van der Waals surface area (Å²) in [4.78, 5) is 3.96. The summed E-state index contributed by atoms with van der Waals surface area (Å²) in [5.41, 5.74) is 2.42. The molecule has 0 aliphatic rings. The van der Waals surface area contributed by atoms with Crippen LogP contribution in [-0.4, -0.2) is 4.98 Å². The molecule has 0 N–H and O–H groups in total. The van der Waals surface area contributed by atoms with Crippen molar-refractivity contribution in [2.24, 2.45) is 0 Å². The average molecular weight is 201 g/mol. The number of aromatic nitrogens is 1. The van der Waals surface area contributed by atoms with Crippen LogP contribution in [-0.2, 0) is 12.8 Å². The van der Waals surface area contributed by atoms with Crippen LogP contribution in [0.1, 0.15) is 11.1 Å². The lowest BCUT2D eigenvalue weighted by Crippen LogP contribution is -1.91. The van der Waals surface area contributed by atoms with Crippen LogP contribution in [0.4, 0.5) is 4.39 Å². The Balaban J connectivity index is 1.96. The molecule has 15 heavy (non-hydrogen) atoms. The zero-order chi connectivity index (χ0) is 10.5. The summed E-state index contributed by atoms with van der Waals surface area (Å²) in [7, 11) is 0. The highest BCUT2D eigenvalue weighted by Gasteiger charge is 1.95. The van der Waals surface area contributed by atoms with E-state index in [2.05, 4.69) is 4.98 Å². The molecule has 0 bridgehead atoms. The number of hydrogen-bond acceptors (Lipinski definition) is 1. The zero-order valence-corrected chi connectivity index (χ0v) is 8.36. The molecule has 2 heteroatoms. The van der Waals surface area contributed by atoms with E-state index in [-0.39, 0.29) is 5.82 Å². The second kappa shape index (κ2) is 4.69. The van der Waals surface area contributed by atoms with E-state index in [1.54, 1.807) is 12.4 Å². The molecule has 1 heterocycles. The van der Waals surface area contributed by atoms with E-state index in [0.29, 0.717) is 0 Å². The van der Waals surface area contributed by atoms with Gasteiger partial charge in [-0.15, -0.1) is 0 Å². The molecule has 1 aromatic carbocycles. The monoisotopic (exact) mass is 201 g/mol. The van der Waals surface area contributed by atoms with Gasteiger partial charge in [-0.2, -0.15) is 0 Å². The quantitative estimate of drug-likeness (QED) is 0.743. The highest BCUT2D eigenvalue weighted by molar-refractivity contribution is 5.19. The molecule has 1 nitrogen and oxygen atoms in total. The van der Waals surface area contributed by atoms with Gasteiger partial charge in [-0.3, -0.25) is 4.98 Å². The number of hydrogen-bond donors (Lipinski definition) is 0. The molecule has 1 aromatic heterocycles. The van der Waals surface area contributed by atoms with E-state index < -0.39 is 0 Å². The van der Waals surface area contributed by atoms with Crippen LogP contribution in [0, 0.1) is 5.82 Å². The van der Waals surface area contributed by atoms with Gasteiger partial charge in [-0.05, 0) is 48.2 Å². The number of halogens is 1. The molecule has 0 aliphatic carbocycles. The van der Waals surface area contributed by atoms with E-state index in [1.807, 2.05) is 24.3 Å². The van der Waals surface area contributed by atoms with Gasteiger partial charge in [0.25, 0.3) is 0 Å². The fraction of sp³-hybridized carbons (Fsp3) is 0.154. The van der Waals surface area contributed by atoms with Gasteiger partial charge >= 0.3 is 0 Å². The summed E-state index contributed by atoms with van der Waals surface area (Å²) in [6.45, 7) is 0. The summed E-state index contributed by atoms with van der Waals surface area (Å²) in [6.07, 6.45) is 5.48. The second-order valence-corrected chi connectivity index (χ2v) is 3.48. The van der Waals surface area contributed by atoms with Gasteiger partial charge in [-0.25, -0.2) is 4.39 Å². The van der Waals surface area contributed by atoms with Crippen molar-refractivity contribution in [3.63, 3.8) is 0 Å². The SMILES string of the molecule is Fc1ccc(CCc2ccncc2)cc1. The van der Waals surface area contributed by atoms with E-state index >= 15 is 0 Å². The van der Waals surface area contributed by atoms with Crippen LogP contribution in [0.3, 0.4) is 0 Å². The minimum atomic E-state index is -0.178. The molecule has 0 unspecified atom stereocenters. The molecule has 0 saturated carbocycles. The highest BCUT2D eigenvalue weighted by Crippen LogP contribution is 2.07. The molecule has 0 radical (unpaired) electrons. The Morgan fingerprint density at radius 2 is 1.33 bits per heavy atom. The van der Waals surface area contributed by atoms with Gasteiger partial charge in [0.2, 0.25) is 0 Å². The Morgan fingerprint density at radius 1 is 0.800 bits per heavy atom. The van der Waals surface area contributed by atoms with Crippen LogP contribution < -0.4 is 0 Å². The number of aryl methyl sites for hydroxylation is 2. The molecular weight excluding hydrogens is 189 g/mol. The summed E-state index contributed by atoms with van der Waals surface area (Å²) < 4.78 is 12.6. The summed E-state index contributed by atoms with van der Waals surface area (Å²) in [5, 5.41) is 0. The first-order valence-electron chi connectivity index (χ1n) is 4.98. The largest absolute Gasteiger partial charge is 0.265 e. The van der Waals surface area contributed by atoms with E-state index in [0.717, 1.165) is 18.4 Å². The Labute approximate surface area is 88.6 Å². The van der Waals surface area contributed by atoms with Crippen LogP contribution in [0.2, 0.25) is 0 Å². The molecule has 2 rings (SSSR count). The third-order valence-corrected chi connectivity index (χ3v) is 2.36. The number of pyridine rings is 1. The van der Waals surface area contributed by atoms with Gasteiger partial charge in [0.1, 0.15) is 5.82 Å². The first kappa shape index (κ1) is 9.84. The van der Waals surface area contributed by atoms with Crippen molar-refractivity contribution >= 4 is 0 Å². The fourth-order valence-electron chi connectivity index (χ4n) is 1.49. The molecule has 0 aliphatic heterocycles. The number of benzene rings is 1. The fourth-order valence-corrected chi connectivity index (χ4v) is 1.49. The maximum absolute atomic E-state index is 12.6. The molecule has 0 spiro atoms. The Morgan fingerprint density at radius 3 is 1.93 bits per heavy atom. The molecule has 76 valence electrons. The van der Waals surface area contributed by atoms with Crippen molar-refractivity contribution in [3.05, 3.63) is 65.7 Å². The molecule has 0 fully saturated rings. The van der Waals surface area contributed by atoms with E-state index in [1.165, 1.54) is 17.7 Å². The van der Waals surface area contributed by atoms with E-state index in [9.17, 15) is 4.39 Å². The van der Waals surface area contributed by atoms with Crippen LogP contribution in [0.15, 0.2) is 48.8 Å². The van der Waals surface area contributed by atoms with Crippen molar-refractivity contribution in [2.75, 3.05) is 0 Å². The van der Waals surface area contributed by atoms with Crippen molar-refractivity contribution in [1.29, 1.82) is 0 Å². The third kappa shape index (κ3) is 2.88. The van der Waals surface area contributed by atoms with Crippen LogP contribution >= 0.6 is 0 Å². The van der Waals surface area contributed by atoms with Crippen molar-refractivity contribution in [2.45, 2.75) is 12.8 Å². The minimum Gasteiger partial charge on any atom is -0.265 e. The topological polar surface area (TPSA) is 12.9 Å². The second-order valence-electron chi connectivity index (χ2n) is 3.48. The third-order valence-electron chi connectivity index (χ3n) is 2.36. The van der Waals surface area contributed by atoms with Crippen molar-refractivity contribution in [3.8, 4) is 0 Å². The Hall–Kier alpha value is -1.70. The maximum Gasteiger partial charge on any atom is 0.123 e. The Bertz CT molecular complexity index is 408. The predicted octanol–water partition coefficient (Wildman–Crippen LogP) is 3.01. The Kier molecular flexibility index (Phi) is 3.08. The van der Waals surface area contributed by atoms with Gasteiger partial charge < -0.3 is 0 Å². The van der Waals surface area contributed by atoms with Gasteiger partial charge in [-0.1, -0.05) is 12.1 Å². The molecule has 2 aromatic rings. The van der Waals surface area contributed by atoms with Gasteiger partial charge in [0, 0.05) is 12.4 Å². The molecule has 0 atom stereocenters. The zero-order valence-electron chi connectivity index (χ0n) is 8.36. The van der Waals surface area contributed by atoms with Crippen LogP contribution in [0.25, 0.3) is 0 Å². The highest BCUT2D eigenvalue weighted by atomic mass is 19.1. The molecule has 0 saturated heterocycles. The van der Waals surface area contributed by atoms with Gasteiger partial charge in [0.15, 0.2) is 0 Å². The van der Waals surface area contributed by atoms with Gasteiger partial charge in [0.05, 0.1) is 0 Å². The average Bonchev–Trinajstić information content (AvgIpc) is 2.30. The van der Waals surface area contributed by atoms with Crippen molar-refractivity contribution in [1.82, 2.24) is 4.98 Å². The first-order valence-corrected chi connectivity index (χ1v) is 4.98. The number of nitrogens with zero attached hydrogens (tertiary/aromatic N) is 1. The standard InChI is InChI=1S/C13H12FN/c14-13-5-3-11(4-6-13)1-2-12-7-9-15-10-8-12/h3-10H,1-2H2. The minimum absolute atomic E-state index is 0.178. The smallest absolute Gasteiger partial charge is 0.123 e. The summed E-state index contributed by atoms with van der Waals surface area (Å²) >= 11 is 0. The lowest BCUT2D eigenvalue weighted by Gasteiger charge is -2.01. The lowest BCUT2D eigenvalue weighted by molar-refractivity contribution is 0.627. The predicted molar refractivity (Wildman–Crippen MR) is 58.0 cm³/mol. The summed E-state index contributed by atoms with van der Waals surface area (Å²) in [5.74, 6) is -0.178. The van der Waals surface area contributed by atoms with Crippen LogP contribution in [0.5, 0.6) is 0 Å². The first-order chi connectivity index (χ1) is 7.34. The van der Waals surface area contributed by atoms with Crippen molar-refractivity contribution < 1.29 is 4.39 Å². The summed E-state index contributed by atoms with van der Waals surface area (Å²) in [6, 6.07) is 10.7. The maximum atomic E-state index is 12.6. The van der Waals surface area contributed by atoms with E-state index in [4.69, 9.17) is 0 Å². The lowest BCUT2D eigenvalue weighted by atomic mass is 10.1.